The summed E-state index contributed by atoms with van der Waals surface area (Å²) in [6, 6.07) is 4.22. The van der Waals surface area contributed by atoms with Crippen molar-refractivity contribution in [2.24, 2.45) is 11.8 Å². The largest absolute Gasteiger partial charge is 0.477 e. The van der Waals surface area contributed by atoms with Crippen molar-refractivity contribution < 1.29 is 9.47 Å². The lowest BCUT2D eigenvalue weighted by molar-refractivity contribution is 0.165. The molecule has 0 amide bonds. The third kappa shape index (κ3) is 5.64. The van der Waals surface area contributed by atoms with Crippen molar-refractivity contribution in [3.63, 3.8) is 0 Å². The zero-order valence-electron chi connectivity index (χ0n) is 13.5. The smallest absolute Gasteiger partial charge is 0.213 e. The van der Waals surface area contributed by atoms with Crippen LogP contribution in [0.5, 0.6) is 5.88 Å². The maximum Gasteiger partial charge on any atom is 0.213 e. The number of hydrogen-bond acceptors (Lipinski definition) is 4. The summed E-state index contributed by atoms with van der Waals surface area (Å²) in [5.41, 5.74) is 2.34. The number of nitrogens with one attached hydrogen (secondary N) is 1. The van der Waals surface area contributed by atoms with Gasteiger partial charge in [-0.05, 0) is 36.9 Å². The molecule has 1 unspecified atom stereocenters. The van der Waals surface area contributed by atoms with Crippen LogP contribution in [0.25, 0.3) is 0 Å². The Hall–Kier alpha value is -1.13. The fourth-order valence-electron chi connectivity index (χ4n) is 2.40. The fraction of sp³-hybridized carbons (Fsp3) is 0.706. The molecule has 1 N–H and O–H groups in total. The molecule has 1 atom stereocenters. The van der Waals surface area contributed by atoms with Gasteiger partial charge < -0.3 is 14.8 Å². The molecule has 0 aromatic carbocycles. The second-order valence-electron chi connectivity index (χ2n) is 6.22. The quantitative estimate of drug-likeness (QED) is 0.800. The van der Waals surface area contributed by atoms with Gasteiger partial charge in [0.15, 0.2) is 0 Å². The summed E-state index contributed by atoms with van der Waals surface area (Å²) < 4.78 is 11.3. The van der Waals surface area contributed by atoms with Gasteiger partial charge >= 0.3 is 0 Å². The lowest BCUT2D eigenvalue weighted by atomic mass is 10.1. The molecule has 2 heterocycles. The van der Waals surface area contributed by atoms with E-state index in [1.54, 1.807) is 0 Å². The van der Waals surface area contributed by atoms with Gasteiger partial charge in [-0.1, -0.05) is 20.8 Å². The van der Waals surface area contributed by atoms with Crippen LogP contribution in [0.15, 0.2) is 12.1 Å². The molecule has 0 radical (unpaired) electrons. The first-order chi connectivity index (χ1) is 10.2. The third-order valence-electron chi connectivity index (χ3n) is 3.65. The molecule has 0 bridgehead atoms. The Morgan fingerprint density at radius 2 is 2.29 bits per heavy atom. The maximum atomic E-state index is 5.88. The van der Waals surface area contributed by atoms with Crippen LogP contribution in [0.3, 0.4) is 0 Å². The summed E-state index contributed by atoms with van der Waals surface area (Å²) in [5, 5.41) is 3.47. The van der Waals surface area contributed by atoms with Crippen molar-refractivity contribution in [2.45, 2.75) is 40.2 Å². The highest BCUT2D eigenvalue weighted by Gasteiger charge is 2.16. The number of ether oxygens (including phenoxy) is 2. The second kappa shape index (κ2) is 8.35. The monoisotopic (exact) mass is 292 g/mol. The van der Waals surface area contributed by atoms with Crippen molar-refractivity contribution in [2.75, 3.05) is 26.4 Å². The Morgan fingerprint density at radius 1 is 1.43 bits per heavy atom. The van der Waals surface area contributed by atoms with E-state index in [2.05, 4.69) is 43.2 Å². The number of rotatable bonds is 8. The normalized spacial score (nSPS) is 18.4. The average Bonchev–Trinajstić information content (AvgIpc) is 2.98. The molecule has 4 heteroatoms. The predicted molar refractivity (Wildman–Crippen MR) is 84.6 cm³/mol. The van der Waals surface area contributed by atoms with Gasteiger partial charge in [-0.15, -0.1) is 0 Å². The van der Waals surface area contributed by atoms with Crippen LogP contribution in [-0.4, -0.2) is 31.3 Å². The van der Waals surface area contributed by atoms with Gasteiger partial charge in [0.25, 0.3) is 0 Å². The zero-order chi connectivity index (χ0) is 15.1. The first kappa shape index (κ1) is 16.2. The third-order valence-corrected chi connectivity index (χ3v) is 3.65. The first-order valence-electron chi connectivity index (χ1n) is 8.08. The summed E-state index contributed by atoms with van der Waals surface area (Å²) in [7, 11) is 0. The van der Waals surface area contributed by atoms with Crippen LogP contribution in [0.1, 0.15) is 38.4 Å². The molecule has 1 aromatic rings. The highest BCUT2D eigenvalue weighted by Crippen LogP contribution is 2.17. The van der Waals surface area contributed by atoms with Gasteiger partial charge in [-0.25, -0.2) is 4.98 Å². The minimum atomic E-state index is 0.514. The van der Waals surface area contributed by atoms with E-state index in [4.69, 9.17) is 9.47 Å². The molecule has 21 heavy (non-hydrogen) atoms. The molecule has 0 spiro atoms. The van der Waals surface area contributed by atoms with Gasteiger partial charge in [-0.3, -0.25) is 0 Å². The fourth-order valence-corrected chi connectivity index (χ4v) is 2.40. The van der Waals surface area contributed by atoms with Crippen molar-refractivity contribution >= 4 is 0 Å². The summed E-state index contributed by atoms with van der Waals surface area (Å²) in [6.45, 7) is 10.8. The molecule has 1 aromatic heterocycles. The van der Waals surface area contributed by atoms with Crippen LogP contribution in [0.2, 0.25) is 0 Å². The molecular weight excluding hydrogens is 264 g/mol. The molecular formula is C17H28N2O2. The van der Waals surface area contributed by atoms with E-state index < -0.39 is 0 Å². The Bertz CT molecular complexity index is 429. The van der Waals surface area contributed by atoms with E-state index in [-0.39, 0.29) is 0 Å². The van der Waals surface area contributed by atoms with Crippen molar-refractivity contribution in [3.8, 4) is 5.88 Å². The SMILES string of the molecule is CCc1cc(CNCC(C)C)cc(OCC2CCOC2)n1. The zero-order valence-corrected chi connectivity index (χ0v) is 13.5. The van der Waals surface area contributed by atoms with E-state index in [0.29, 0.717) is 18.4 Å². The molecule has 0 aliphatic carbocycles. The maximum absolute atomic E-state index is 5.88. The number of nitrogens with zero attached hydrogens (tertiary/aromatic N) is 1. The standard InChI is InChI=1S/C17H28N2O2/c1-4-16-7-15(10-18-9-13(2)3)8-17(19-16)21-12-14-5-6-20-11-14/h7-8,13-14,18H,4-6,9-12H2,1-3H3. The minimum Gasteiger partial charge on any atom is -0.477 e. The predicted octanol–water partition coefficient (Wildman–Crippen LogP) is 2.80. The summed E-state index contributed by atoms with van der Waals surface area (Å²) >= 11 is 0. The van der Waals surface area contributed by atoms with Crippen LogP contribution >= 0.6 is 0 Å². The number of aromatic nitrogens is 1. The van der Waals surface area contributed by atoms with E-state index in [1.165, 1.54) is 5.56 Å². The summed E-state index contributed by atoms with van der Waals surface area (Å²) in [4.78, 5) is 4.57. The second-order valence-corrected chi connectivity index (χ2v) is 6.22. The van der Waals surface area contributed by atoms with E-state index in [0.717, 1.165) is 50.7 Å². The Morgan fingerprint density at radius 3 is 2.95 bits per heavy atom. The molecule has 118 valence electrons. The number of hydrogen-bond donors (Lipinski definition) is 1. The summed E-state index contributed by atoms with van der Waals surface area (Å²) in [5.74, 6) is 1.93. The Labute approximate surface area is 128 Å². The van der Waals surface area contributed by atoms with Crippen molar-refractivity contribution in [1.82, 2.24) is 10.3 Å². The van der Waals surface area contributed by atoms with Crippen LogP contribution in [0, 0.1) is 11.8 Å². The van der Waals surface area contributed by atoms with Gasteiger partial charge in [0.05, 0.1) is 13.2 Å². The number of aryl methyl sites for hydroxylation is 1. The van der Waals surface area contributed by atoms with Crippen molar-refractivity contribution in [3.05, 3.63) is 23.4 Å². The van der Waals surface area contributed by atoms with Crippen LogP contribution in [-0.2, 0) is 17.7 Å². The van der Waals surface area contributed by atoms with Crippen molar-refractivity contribution in [1.29, 1.82) is 0 Å². The van der Waals surface area contributed by atoms with Crippen LogP contribution < -0.4 is 10.1 Å². The number of pyridine rings is 1. The molecule has 1 saturated heterocycles. The highest BCUT2D eigenvalue weighted by molar-refractivity contribution is 5.25. The highest BCUT2D eigenvalue weighted by atomic mass is 16.5. The molecule has 1 fully saturated rings. The Kier molecular flexibility index (Phi) is 6.46. The van der Waals surface area contributed by atoms with Crippen LogP contribution in [0.4, 0.5) is 0 Å². The minimum absolute atomic E-state index is 0.514. The summed E-state index contributed by atoms with van der Waals surface area (Å²) in [6.07, 6.45) is 2.02. The van der Waals surface area contributed by atoms with Gasteiger partial charge in [0, 0.05) is 30.8 Å². The lowest BCUT2D eigenvalue weighted by Crippen LogP contribution is -2.19. The topological polar surface area (TPSA) is 43.4 Å². The Balaban J connectivity index is 1.92. The van der Waals surface area contributed by atoms with Gasteiger partial charge in [-0.2, -0.15) is 0 Å². The molecule has 1 aliphatic rings. The molecule has 1 aliphatic heterocycles. The van der Waals surface area contributed by atoms with E-state index >= 15 is 0 Å². The van der Waals surface area contributed by atoms with Gasteiger partial charge in [0.2, 0.25) is 5.88 Å². The van der Waals surface area contributed by atoms with E-state index in [9.17, 15) is 0 Å². The van der Waals surface area contributed by atoms with E-state index in [1.807, 2.05) is 0 Å². The average molecular weight is 292 g/mol. The molecule has 4 nitrogen and oxygen atoms in total. The van der Waals surface area contributed by atoms with Gasteiger partial charge in [0.1, 0.15) is 0 Å². The first-order valence-corrected chi connectivity index (χ1v) is 8.08. The molecule has 2 rings (SSSR count). The lowest BCUT2D eigenvalue weighted by Gasteiger charge is -2.13. The molecule has 0 saturated carbocycles.